The number of hydrogen-bond donors (Lipinski definition) is 0. The Labute approximate surface area is 89.2 Å². The molecule has 0 amide bonds. The molecule has 0 saturated carbocycles. The lowest BCUT2D eigenvalue weighted by Gasteiger charge is -2.05. The van der Waals surface area contributed by atoms with Gasteiger partial charge in [0.05, 0.1) is 18.9 Å². The molecule has 0 aliphatic rings. The second-order valence-corrected chi connectivity index (χ2v) is 3.57. The first-order valence-electron chi connectivity index (χ1n) is 4.55. The van der Waals surface area contributed by atoms with Gasteiger partial charge >= 0.3 is 0 Å². The van der Waals surface area contributed by atoms with Crippen LogP contribution in [0, 0.1) is 11.3 Å². The summed E-state index contributed by atoms with van der Waals surface area (Å²) in [5.41, 5.74) is -0.0703. The quantitative estimate of drug-likeness (QED) is 0.709. The van der Waals surface area contributed by atoms with E-state index >= 15 is 0 Å². The van der Waals surface area contributed by atoms with Crippen molar-refractivity contribution in [2.24, 2.45) is 10.2 Å². The molecule has 0 N–H and O–H groups in total. The molecule has 0 aliphatic heterocycles. The van der Waals surface area contributed by atoms with E-state index in [2.05, 4.69) is 10.2 Å². The summed E-state index contributed by atoms with van der Waals surface area (Å²) in [6.45, 7) is 3.42. The minimum Gasteiger partial charge on any atom is -0.497 e. The number of nitrogens with zero attached hydrogens (tertiary/aromatic N) is 3. The fraction of sp³-hybridized carbons (Fsp3) is 0.364. The van der Waals surface area contributed by atoms with E-state index in [0.29, 0.717) is 5.69 Å². The third kappa shape index (κ3) is 3.39. The molecule has 0 atom stereocenters. The second kappa shape index (κ2) is 4.56. The first kappa shape index (κ1) is 11.2. The normalized spacial score (nSPS) is 11.3. The first-order valence-corrected chi connectivity index (χ1v) is 4.55. The molecule has 4 nitrogen and oxygen atoms in total. The zero-order valence-electron chi connectivity index (χ0n) is 9.06. The van der Waals surface area contributed by atoms with Crippen LogP contribution in [0.15, 0.2) is 34.5 Å². The van der Waals surface area contributed by atoms with Crippen molar-refractivity contribution in [3.8, 4) is 11.8 Å². The van der Waals surface area contributed by atoms with Crippen LogP contribution < -0.4 is 4.74 Å². The molecule has 0 aliphatic carbocycles. The lowest BCUT2D eigenvalue weighted by atomic mass is 10.1. The van der Waals surface area contributed by atoms with Crippen LogP contribution in [0.3, 0.4) is 0 Å². The van der Waals surface area contributed by atoms with E-state index in [-0.39, 0.29) is 0 Å². The predicted molar refractivity (Wildman–Crippen MR) is 57.2 cm³/mol. The molecule has 1 rings (SSSR count). The topological polar surface area (TPSA) is 57.7 Å². The average molecular weight is 203 g/mol. The highest BCUT2D eigenvalue weighted by Crippen LogP contribution is 2.19. The van der Waals surface area contributed by atoms with Crippen LogP contribution in [0.2, 0.25) is 0 Å². The maximum Gasteiger partial charge on any atom is 0.162 e. The molecule has 0 unspecified atom stereocenters. The maximum absolute atomic E-state index is 8.73. The number of nitriles is 1. The molecule has 15 heavy (non-hydrogen) atoms. The van der Waals surface area contributed by atoms with E-state index in [0.717, 1.165) is 5.75 Å². The molecule has 0 bridgehead atoms. The zero-order valence-corrected chi connectivity index (χ0v) is 9.06. The molecule has 1 aromatic rings. The Morgan fingerprint density at radius 2 is 1.87 bits per heavy atom. The highest BCUT2D eigenvalue weighted by Gasteiger charge is 2.13. The third-order valence-electron chi connectivity index (χ3n) is 1.76. The van der Waals surface area contributed by atoms with Crippen molar-refractivity contribution in [2.75, 3.05) is 7.11 Å². The van der Waals surface area contributed by atoms with Crippen molar-refractivity contribution in [1.82, 2.24) is 0 Å². The van der Waals surface area contributed by atoms with Crippen molar-refractivity contribution in [2.45, 2.75) is 19.4 Å². The summed E-state index contributed by atoms with van der Waals surface area (Å²) in [6.07, 6.45) is 0. The van der Waals surface area contributed by atoms with Gasteiger partial charge in [-0.15, -0.1) is 0 Å². The van der Waals surface area contributed by atoms with Gasteiger partial charge in [-0.05, 0) is 38.1 Å². The van der Waals surface area contributed by atoms with Crippen LogP contribution in [0.4, 0.5) is 5.69 Å². The zero-order chi connectivity index (χ0) is 11.3. The van der Waals surface area contributed by atoms with E-state index in [1.807, 2.05) is 6.07 Å². The maximum atomic E-state index is 8.73. The molecule has 0 aromatic heterocycles. The van der Waals surface area contributed by atoms with Crippen molar-refractivity contribution in [3.63, 3.8) is 0 Å². The van der Waals surface area contributed by atoms with Gasteiger partial charge in [0.1, 0.15) is 5.75 Å². The fourth-order valence-electron chi connectivity index (χ4n) is 0.854. The second-order valence-electron chi connectivity index (χ2n) is 3.57. The predicted octanol–water partition coefficient (Wildman–Crippen LogP) is 3.08. The summed E-state index contributed by atoms with van der Waals surface area (Å²) < 4.78 is 5.01. The summed E-state index contributed by atoms with van der Waals surface area (Å²) in [5, 5.41) is 16.6. The highest BCUT2D eigenvalue weighted by molar-refractivity contribution is 5.40. The molecule has 0 spiro atoms. The smallest absolute Gasteiger partial charge is 0.162 e. The Morgan fingerprint density at radius 1 is 1.27 bits per heavy atom. The number of benzene rings is 1. The van der Waals surface area contributed by atoms with E-state index < -0.39 is 5.54 Å². The largest absolute Gasteiger partial charge is 0.497 e. The van der Waals surface area contributed by atoms with Crippen LogP contribution in [0.25, 0.3) is 0 Å². The molecule has 0 fully saturated rings. The van der Waals surface area contributed by atoms with E-state index in [1.54, 1.807) is 45.2 Å². The van der Waals surface area contributed by atoms with Gasteiger partial charge in [0.15, 0.2) is 5.54 Å². The van der Waals surface area contributed by atoms with Gasteiger partial charge in [0.2, 0.25) is 0 Å². The summed E-state index contributed by atoms with van der Waals surface area (Å²) in [4.78, 5) is 0. The van der Waals surface area contributed by atoms with Gasteiger partial charge < -0.3 is 4.74 Å². The Bertz CT molecular complexity index is 387. The Hall–Kier alpha value is -1.89. The SMILES string of the molecule is COc1ccc(N=NC(C)(C)C#N)cc1. The van der Waals surface area contributed by atoms with Crippen molar-refractivity contribution >= 4 is 5.69 Å². The van der Waals surface area contributed by atoms with Crippen molar-refractivity contribution in [1.29, 1.82) is 5.26 Å². The first-order chi connectivity index (χ1) is 7.07. The average Bonchev–Trinajstić information content (AvgIpc) is 2.27. The van der Waals surface area contributed by atoms with Gasteiger partial charge in [-0.25, -0.2) is 0 Å². The Kier molecular flexibility index (Phi) is 3.40. The van der Waals surface area contributed by atoms with Crippen LogP contribution in [0.5, 0.6) is 5.75 Å². The number of azo groups is 1. The van der Waals surface area contributed by atoms with Crippen LogP contribution >= 0.6 is 0 Å². The minimum absolute atomic E-state index is 0.708. The molecule has 0 radical (unpaired) electrons. The van der Waals surface area contributed by atoms with Crippen LogP contribution in [-0.2, 0) is 0 Å². The number of ether oxygens (including phenoxy) is 1. The van der Waals surface area contributed by atoms with Gasteiger partial charge in [0.25, 0.3) is 0 Å². The molecule has 4 heteroatoms. The molecule has 78 valence electrons. The van der Waals surface area contributed by atoms with E-state index in [1.165, 1.54) is 0 Å². The van der Waals surface area contributed by atoms with Gasteiger partial charge in [-0.1, -0.05) is 0 Å². The fourth-order valence-corrected chi connectivity index (χ4v) is 0.854. The molecule has 1 aromatic carbocycles. The van der Waals surface area contributed by atoms with Crippen molar-refractivity contribution < 1.29 is 4.74 Å². The van der Waals surface area contributed by atoms with Gasteiger partial charge in [-0.3, -0.25) is 0 Å². The number of methoxy groups -OCH3 is 1. The Morgan fingerprint density at radius 3 is 2.33 bits per heavy atom. The summed E-state index contributed by atoms with van der Waals surface area (Å²) in [5.74, 6) is 0.772. The van der Waals surface area contributed by atoms with Gasteiger partial charge in [-0.2, -0.15) is 15.5 Å². The van der Waals surface area contributed by atoms with E-state index in [9.17, 15) is 0 Å². The summed E-state index contributed by atoms with van der Waals surface area (Å²) in [6, 6.07) is 9.22. The summed E-state index contributed by atoms with van der Waals surface area (Å²) >= 11 is 0. The lowest BCUT2D eigenvalue weighted by Crippen LogP contribution is -2.10. The van der Waals surface area contributed by atoms with Crippen LogP contribution in [-0.4, -0.2) is 12.6 Å². The number of hydrogen-bond acceptors (Lipinski definition) is 4. The lowest BCUT2D eigenvalue weighted by molar-refractivity contribution is 0.415. The number of rotatable bonds is 3. The molecular formula is C11H13N3O. The molecule has 0 saturated heterocycles. The van der Waals surface area contributed by atoms with Crippen molar-refractivity contribution in [3.05, 3.63) is 24.3 Å². The highest BCUT2D eigenvalue weighted by atomic mass is 16.5. The minimum atomic E-state index is -0.778. The van der Waals surface area contributed by atoms with Gasteiger partial charge in [0, 0.05) is 0 Å². The standard InChI is InChI=1S/C11H13N3O/c1-11(2,8-12)14-13-9-4-6-10(15-3)7-5-9/h4-7H,1-3H3. The monoisotopic (exact) mass is 203 g/mol. The summed E-state index contributed by atoms with van der Waals surface area (Å²) in [7, 11) is 1.61. The third-order valence-corrected chi connectivity index (χ3v) is 1.76. The molecule has 0 heterocycles. The molecular weight excluding hydrogens is 190 g/mol. The van der Waals surface area contributed by atoms with E-state index in [4.69, 9.17) is 10.00 Å². The Balaban J connectivity index is 2.78. The van der Waals surface area contributed by atoms with Crippen LogP contribution in [0.1, 0.15) is 13.8 Å².